The summed E-state index contributed by atoms with van der Waals surface area (Å²) in [6, 6.07) is 0. The van der Waals surface area contributed by atoms with Crippen molar-refractivity contribution in [3.05, 3.63) is 15.6 Å². The van der Waals surface area contributed by atoms with Gasteiger partial charge in [-0.2, -0.15) is 0 Å². The van der Waals surface area contributed by atoms with Crippen molar-refractivity contribution in [1.82, 2.24) is 9.97 Å². The van der Waals surface area contributed by atoms with E-state index in [0.29, 0.717) is 10.2 Å². The lowest BCUT2D eigenvalue weighted by Gasteiger charge is -2.17. The van der Waals surface area contributed by atoms with Gasteiger partial charge in [0.25, 0.3) is 0 Å². The lowest BCUT2D eigenvalue weighted by molar-refractivity contribution is -0.117. The molecule has 2 heterocycles. The first kappa shape index (κ1) is 14.1. The Morgan fingerprint density at radius 3 is 3.00 bits per heavy atom. The fraction of sp³-hybridized carbons (Fsp3) is 0.455. The molecule has 1 aliphatic rings. The number of aromatic nitrogens is 2. The minimum Gasteiger partial charge on any atom is -0.464 e. The average molecular weight is 377 g/mol. The lowest BCUT2D eigenvalue weighted by atomic mass is 10.1. The maximum absolute atomic E-state index is 11.9. The van der Waals surface area contributed by atoms with Crippen LogP contribution in [0.15, 0.2) is 6.20 Å². The second kappa shape index (κ2) is 5.78. The number of carbonyl (C=O) groups excluding carboxylic acids is 2. The Morgan fingerprint density at radius 2 is 2.42 bits per heavy atom. The van der Waals surface area contributed by atoms with Gasteiger partial charge in [0, 0.05) is 25.5 Å². The van der Waals surface area contributed by atoms with Crippen LogP contribution in [0.5, 0.6) is 0 Å². The van der Waals surface area contributed by atoms with Gasteiger partial charge in [0.2, 0.25) is 5.91 Å². The van der Waals surface area contributed by atoms with Gasteiger partial charge in [-0.05, 0) is 22.6 Å². The molecule has 1 atom stereocenters. The molecule has 0 aliphatic carbocycles. The monoisotopic (exact) mass is 377 g/mol. The molecular weight excluding hydrogens is 365 g/mol. The molecule has 1 unspecified atom stereocenters. The molecule has 0 bridgehead atoms. The third-order valence-electron chi connectivity index (χ3n) is 2.82. The van der Waals surface area contributed by atoms with Crippen LogP contribution in [0.1, 0.15) is 16.9 Å². The van der Waals surface area contributed by atoms with Gasteiger partial charge >= 0.3 is 5.97 Å². The zero-order chi connectivity index (χ0) is 14.0. The fourth-order valence-electron chi connectivity index (χ4n) is 1.90. The predicted octanol–water partition coefficient (Wildman–Crippen LogP) is 0.213. The van der Waals surface area contributed by atoms with E-state index in [1.165, 1.54) is 18.2 Å². The van der Waals surface area contributed by atoms with Gasteiger partial charge in [-0.1, -0.05) is 0 Å². The molecule has 0 spiro atoms. The van der Waals surface area contributed by atoms with Gasteiger partial charge in [0.1, 0.15) is 3.70 Å². The number of rotatable bonds is 3. The largest absolute Gasteiger partial charge is 0.464 e. The number of carbonyl (C=O) groups is 2. The van der Waals surface area contributed by atoms with Gasteiger partial charge in [-0.3, -0.25) is 9.69 Å². The summed E-state index contributed by atoms with van der Waals surface area (Å²) in [7, 11) is 1.25. The van der Waals surface area contributed by atoms with E-state index >= 15 is 0 Å². The Hall–Kier alpha value is -1.29. The summed E-state index contributed by atoms with van der Waals surface area (Å²) in [6.45, 7) is 0.252. The fourth-order valence-corrected chi connectivity index (χ4v) is 2.28. The van der Waals surface area contributed by atoms with Crippen molar-refractivity contribution >= 4 is 40.3 Å². The smallest absolute Gasteiger partial charge is 0.360 e. The maximum Gasteiger partial charge on any atom is 0.360 e. The Balaban J connectivity index is 2.39. The van der Waals surface area contributed by atoms with Crippen LogP contribution in [0.3, 0.4) is 0 Å². The van der Waals surface area contributed by atoms with Crippen LogP contribution < -0.4 is 4.90 Å². The number of amides is 1. The van der Waals surface area contributed by atoms with Crippen LogP contribution >= 0.6 is 22.6 Å². The molecule has 1 N–H and O–H groups in total. The van der Waals surface area contributed by atoms with Crippen LogP contribution in [0.2, 0.25) is 0 Å². The zero-order valence-electron chi connectivity index (χ0n) is 10.2. The highest BCUT2D eigenvalue weighted by Crippen LogP contribution is 2.26. The number of hydrogen-bond acceptors (Lipinski definition) is 6. The van der Waals surface area contributed by atoms with Crippen LogP contribution in [-0.4, -0.2) is 47.2 Å². The van der Waals surface area contributed by atoms with E-state index in [1.807, 2.05) is 22.6 Å². The van der Waals surface area contributed by atoms with E-state index < -0.39 is 5.97 Å². The topological polar surface area (TPSA) is 92.6 Å². The van der Waals surface area contributed by atoms with Gasteiger partial charge in [-0.25, -0.2) is 14.8 Å². The van der Waals surface area contributed by atoms with E-state index in [9.17, 15) is 9.59 Å². The number of anilines is 1. The molecular formula is C11H12IN3O4. The van der Waals surface area contributed by atoms with Crippen molar-refractivity contribution < 1.29 is 19.4 Å². The number of methoxy groups -OCH3 is 1. The number of halogens is 1. The van der Waals surface area contributed by atoms with Crippen molar-refractivity contribution in [2.24, 2.45) is 5.92 Å². The first-order valence-corrected chi connectivity index (χ1v) is 6.66. The van der Waals surface area contributed by atoms with E-state index in [1.54, 1.807) is 0 Å². The number of nitrogens with zero attached hydrogens (tertiary/aromatic N) is 3. The summed E-state index contributed by atoms with van der Waals surface area (Å²) in [5.41, 5.74) is 0.0151. The summed E-state index contributed by atoms with van der Waals surface area (Å²) in [6.07, 6.45) is 1.71. The quantitative estimate of drug-likeness (QED) is 0.598. The molecule has 1 aliphatic heterocycles. The molecule has 8 heteroatoms. The molecule has 1 aromatic rings. The van der Waals surface area contributed by atoms with E-state index in [2.05, 4.69) is 14.7 Å². The SMILES string of the molecule is COC(=O)c1nc(I)cnc1N1CC(CO)CC1=O. The lowest BCUT2D eigenvalue weighted by Crippen LogP contribution is -2.29. The Labute approximate surface area is 123 Å². The standard InChI is InChI=1S/C11H12IN3O4/c1-19-11(18)9-10(13-3-7(12)14-9)15-4-6(5-16)2-8(15)17/h3,6,16H,2,4-5H2,1H3. The van der Waals surface area contributed by atoms with Crippen molar-refractivity contribution in [1.29, 1.82) is 0 Å². The van der Waals surface area contributed by atoms with Gasteiger partial charge in [0.05, 0.1) is 13.3 Å². The second-order valence-corrected chi connectivity index (χ2v) is 5.22. The highest BCUT2D eigenvalue weighted by atomic mass is 127. The minimum absolute atomic E-state index is 0.0151. The first-order valence-electron chi connectivity index (χ1n) is 5.59. The van der Waals surface area contributed by atoms with E-state index in [0.717, 1.165) is 0 Å². The minimum atomic E-state index is -0.638. The number of aliphatic hydroxyl groups is 1. The summed E-state index contributed by atoms with van der Waals surface area (Å²) in [5, 5.41) is 9.11. The molecule has 102 valence electrons. The zero-order valence-corrected chi connectivity index (χ0v) is 12.3. The molecule has 1 fully saturated rings. The molecule has 0 radical (unpaired) electrons. The first-order chi connectivity index (χ1) is 9.06. The summed E-state index contributed by atoms with van der Waals surface area (Å²) in [4.78, 5) is 33.1. The molecule has 19 heavy (non-hydrogen) atoms. The summed E-state index contributed by atoms with van der Waals surface area (Å²) < 4.78 is 5.18. The number of ether oxygens (including phenoxy) is 1. The van der Waals surface area contributed by atoms with Gasteiger partial charge in [-0.15, -0.1) is 0 Å². The van der Waals surface area contributed by atoms with Crippen LogP contribution in [0.25, 0.3) is 0 Å². The molecule has 7 nitrogen and oxygen atoms in total. The molecule has 0 saturated carbocycles. The summed E-state index contributed by atoms with van der Waals surface area (Å²) >= 11 is 1.93. The highest BCUT2D eigenvalue weighted by Gasteiger charge is 2.34. The van der Waals surface area contributed by atoms with Crippen LogP contribution in [0, 0.1) is 9.62 Å². The maximum atomic E-state index is 11.9. The number of hydrogen-bond donors (Lipinski definition) is 1. The van der Waals surface area contributed by atoms with Crippen LogP contribution in [0.4, 0.5) is 5.82 Å². The Bertz CT molecular complexity index is 523. The molecule has 1 amide bonds. The molecule has 2 rings (SSSR count). The molecule has 1 aromatic heterocycles. The number of aliphatic hydroxyl groups excluding tert-OH is 1. The van der Waals surface area contributed by atoms with Crippen molar-refractivity contribution in [2.75, 3.05) is 25.2 Å². The van der Waals surface area contributed by atoms with Crippen molar-refractivity contribution in [2.45, 2.75) is 6.42 Å². The average Bonchev–Trinajstić information content (AvgIpc) is 2.79. The molecule has 1 saturated heterocycles. The van der Waals surface area contributed by atoms with Gasteiger partial charge in [0.15, 0.2) is 11.5 Å². The third kappa shape index (κ3) is 2.84. The normalized spacial score (nSPS) is 18.8. The Morgan fingerprint density at radius 1 is 1.68 bits per heavy atom. The van der Waals surface area contributed by atoms with Gasteiger partial charge < -0.3 is 9.84 Å². The third-order valence-corrected chi connectivity index (χ3v) is 3.34. The van der Waals surface area contributed by atoms with Crippen molar-refractivity contribution in [3.63, 3.8) is 0 Å². The second-order valence-electron chi connectivity index (χ2n) is 4.11. The van der Waals surface area contributed by atoms with E-state index in [4.69, 9.17) is 5.11 Å². The van der Waals surface area contributed by atoms with E-state index in [-0.39, 0.29) is 36.4 Å². The predicted molar refractivity (Wildman–Crippen MR) is 73.6 cm³/mol. The number of esters is 1. The molecule has 0 aromatic carbocycles. The van der Waals surface area contributed by atoms with Crippen LogP contribution in [-0.2, 0) is 9.53 Å². The van der Waals surface area contributed by atoms with Crippen molar-refractivity contribution in [3.8, 4) is 0 Å². The highest BCUT2D eigenvalue weighted by molar-refractivity contribution is 14.1. The summed E-state index contributed by atoms with van der Waals surface area (Å²) in [5.74, 6) is -0.770. The Kier molecular flexibility index (Phi) is 4.30.